The molecule has 0 spiro atoms. The van der Waals surface area contributed by atoms with Gasteiger partial charge in [-0.1, -0.05) is 30.3 Å². The van der Waals surface area contributed by atoms with E-state index in [1.165, 1.54) is 26.2 Å². The van der Waals surface area contributed by atoms with E-state index in [1.54, 1.807) is 42.5 Å². The van der Waals surface area contributed by atoms with Crippen molar-refractivity contribution >= 4 is 17.4 Å². The molecule has 1 atom stereocenters. The molecule has 4 rings (SSSR count). The molecule has 0 saturated carbocycles. The highest BCUT2D eigenvalue weighted by Gasteiger charge is 2.47. The van der Waals surface area contributed by atoms with E-state index in [9.17, 15) is 14.7 Å². The molecule has 0 radical (unpaired) electrons. The zero-order valence-corrected chi connectivity index (χ0v) is 21.0. The highest BCUT2D eigenvalue weighted by atomic mass is 16.5. The Bertz CT molecular complexity index is 1290. The van der Waals surface area contributed by atoms with Gasteiger partial charge in [0, 0.05) is 30.8 Å². The van der Waals surface area contributed by atoms with Crippen LogP contribution >= 0.6 is 0 Å². The Morgan fingerprint density at radius 3 is 2.24 bits per heavy atom. The van der Waals surface area contributed by atoms with Gasteiger partial charge in [0.1, 0.15) is 29.6 Å². The molecule has 192 valence electrons. The summed E-state index contributed by atoms with van der Waals surface area (Å²) in [6.45, 7) is 0.771. The second-order valence-electron chi connectivity index (χ2n) is 8.39. The first-order chi connectivity index (χ1) is 18.0. The summed E-state index contributed by atoms with van der Waals surface area (Å²) in [5, 5.41) is 11.3. The largest absolute Gasteiger partial charge is 0.507 e. The number of rotatable bonds is 10. The van der Waals surface area contributed by atoms with Gasteiger partial charge in [0.2, 0.25) is 0 Å². The predicted molar refractivity (Wildman–Crippen MR) is 138 cm³/mol. The normalized spacial score (nSPS) is 16.6. The van der Waals surface area contributed by atoms with E-state index in [2.05, 4.69) is 0 Å². The molecule has 1 heterocycles. The molecule has 1 fully saturated rings. The topological polar surface area (TPSA) is 94.5 Å². The van der Waals surface area contributed by atoms with Gasteiger partial charge in [-0.05, 0) is 42.0 Å². The van der Waals surface area contributed by atoms with E-state index in [0.29, 0.717) is 35.0 Å². The van der Waals surface area contributed by atoms with Crippen molar-refractivity contribution in [3.63, 3.8) is 0 Å². The van der Waals surface area contributed by atoms with Crippen molar-refractivity contribution in [3.8, 4) is 17.2 Å². The van der Waals surface area contributed by atoms with Gasteiger partial charge in [-0.15, -0.1) is 0 Å². The number of benzene rings is 3. The van der Waals surface area contributed by atoms with Crippen molar-refractivity contribution in [1.82, 2.24) is 4.90 Å². The number of Topliss-reactive ketones (excluding diaryl/α,β-unsaturated/α-hetero) is 1. The Hall–Kier alpha value is -4.30. The highest BCUT2D eigenvalue weighted by Crippen LogP contribution is 2.43. The van der Waals surface area contributed by atoms with Crippen LogP contribution < -0.4 is 14.2 Å². The minimum atomic E-state index is -0.870. The molecule has 1 unspecified atom stereocenters. The van der Waals surface area contributed by atoms with E-state index >= 15 is 0 Å². The summed E-state index contributed by atoms with van der Waals surface area (Å²) in [5.41, 5.74) is 1.93. The van der Waals surface area contributed by atoms with Crippen molar-refractivity contribution in [2.24, 2.45) is 0 Å². The summed E-state index contributed by atoms with van der Waals surface area (Å²) in [6.07, 6.45) is 0. The van der Waals surface area contributed by atoms with Gasteiger partial charge in [-0.3, -0.25) is 9.59 Å². The molecule has 8 heteroatoms. The molecular weight excluding hydrogens is 474 g/mol. The summed E-state index contributed by atoms with van der Waals surface area (Å²) in [7, 11) is 4.54. The van der Waals surface area contributed by atoms with Gasteiger partial charge in [-0.25, -0.2) is 0 Å². The fourth-order valence-electron chi connectivity index (χ4n) is 4.27. The summed E-state index contributed by atoms with van der Waals surface area (Å²) < 4.78 is 21.8. The standard InChI is InChI=1S/C29H29NO7/c1-34-16-15-30-26(23-14-13-22(35-2)17-24(23)36-3)25(28(32)29(30)33)27(31)20-9-11-21(12-10-20)37-18-19-7-5-4-6-8-19/h4-14,17,26,31H,15-16,18H2,1-3H3/b27-25+. The summed E-state index contributed by atoms with van der Waals surface area (Å²) in [4.78, 5) is 27.6. The number of ketones is 1. The van der Waals surface area contributed by atoms with Crippen LogP contribution in [0.4, 0.5) is 0 Å². The zero-order valence-electron chi connectivity index (χ0n) is 21.0. The number of aliphatic hydroxyl groups is 1. The number of carbonyl (C=O) groups is 2. The molecule has 0 aromatic heterocycles. The van der Waals surface area contributed by atoms with Gasteiger partial charge in [0.15, 0.2) is 0 Å². The minimum absolute atomic E-state index is 0.0254. The Balaban J connectivity index is 1.71. The summed E-state index contributed by atoms with van der Waals surface area (Å²) in [5.74, 6) is -0.194. The van der Waals surface area contributed by atoms with E-state index < -0.39 is 17.7 Å². The van der Waals surface area contributed by atoms with Crippen LogP contribution in [0.25, 0.3) is 5.76 Å². The Morgan fingerprint density at radius 1 is 0.892 bits per heavy atom. The Morgan fingerprint density at radius 2 is 1.59 bits per heavy atom. The van der Waals surface area contributed by atoms with Crippen LogP contribution in [0, 0.1) is 0 Å². The number of likely N-dealkylation sites (tertiary alicyclic amines) is 1. The SMILES string of the molecule is COCCN1C(=O)C(=O)/C(=C(/O)c2ccc(OCc3ccccc3)cc2)C1c1ccc(OC)cc1OC. The molecule has 3 aromatic rings. The molecule has 1 aliphatic rings. The second kappa shape index (κ2) is 11.6. The fraction of sp³-hybridized carbons (Fsp3) is 0.241. The van der Waals surface area contributed by atoms with Crippen LogP contribution in [0.3, 0.4) is 0 Å². The molecule has 1 saturated heterocycles. The molecule has 3 aromatic carbocycles. The average molecular weight is 504 g/mol. The highest BCUT2D eigenvalue weighted by molar-refractivity contribution is 6.46. The maximum Gasteiger partial charge on any atom is 0.295 e. The molecule has 1 amide bonds. The van der Waals surface area contributed by atoms with Gasteiger partial charge in [0.05, 0.1) is 32.4 Å². The van der Waals surface area contributed by atoms with Crippen molar-refractivity contribution in [2.75, 3.05) is 34.5 Å². The van der Waals surface area contributed by atoms with Crippen molar-refractivity contribution < 1.29 is 33.6 Å². The maximum absolute atomic E-state index is 13.2. The molecule has 1 N–H and O–H groups in total. The summed E-state index contributed by atoms with van der Waals surface area (Å²) >= 11 is 0. The average Bonchev–Trinajstić information content (AvgIpc) is 3.19. The third kappa shape index (κ3) is 5.44. The number of aliphatic hydroxyl groups excluding tert-OH is 1. The lowest BCUT2D eigenvalue weighted by Gasteiger charge is -2.26. The van der Waals surface area contributed by atoms with Crippen LogP contribution in [0.1, 0.15) is 22.7 Å². The number of ether oxygens (including phenoxy) is 4. The van der Waals surface area contributed by atoms with E-state index in [1.807, 2.05) is 30.3 Å². The van der Waals surface area contributed by atoms with Crippen LogP contribution in [0.15, 0.2) is 78.4 Å². The maximum atomic E-state index is 13.2. The number of carbonyl (C=O) groups excluding carboxylic acids is 2. The Kier molecular flexibility index (Phi) is 8.10. The second-order valence-corrected chi connectivity index (χ2v) is 8.39. The smallest absolute Gasteiger partial charge is 0.295 e. The van der Waals surface area contributed by atoms with Crippen molar-refractivity contribution in [3.05, 3.63) is 95.1 Å². The van der Waals surface area contributed by atoms with Gasteiger partial charge >= 0.3 is 0 Å². The molecule has 8 nitrogen and oxygen atoms in total. The minimum Gasteiger partial charge on any atom is -0.507 e. The molecule has 0 aliphatic carbocycles. The molecular formula is C29H29NO7. The quantitative estimate of drug-likeness (QED) is 0.250. The van der Waals surface area contributed by atoms with E-state index in [0.717, 1.165) is 5.56 Å². The third-order valence-electron chi connectivity index (χ3n) is 6.19. The summed E-state index contributed by atoms with van der Waals surface area (Å²) in [6, 6.07) is 20.7. The van der Waals surface area contributed by atoms with E-state index in [-0.39, 0.29) is 24.5 Å². The van der Waals surface area contributed by atoms with Crippen LogP contribution in [-0.4, -0.2) is 56.2 Å². The van der Waals surface area contributed by atoms with Crippen LogP contribution in [0.2, 0.25) is 0 Å². The molecule has 0 bridgehead atoms. The van der Waals surface area contributed by atoms with Crippen molar-refractivity contribution in [1.29, 1.82) is 0 Å². The third-order valence-corrected chi connectivity index (χ3v) is 6.19. The molecule has 37 heavy (non-hydrogen) atoms. The lowest BCUT2D eigenvalue weighted by atomic mass is 9.94. The van der Waals surface area contributed by atoms with Crippen molar-refractivity contribution in [2.45, 2.75) is 12.6 Å². The van der Waals surface area contributed by atoms with E-state index in [4.69, 9.17) is 18.9 Å². The van der Waals surface area contributed by atoms with Crippen LogP contribution in [-0.2, 0) is 20.9 Å². The number of hydrogen-bond donors (Lipinski definition) is 1. The lowest BCUT2D eigenvalue weighted by molar-refractivity contribution is -0.140. The molecule has 1 aliphatic heterocycles. The number of amides is 1. The first kappa shape index (κ1) is 25.8. The number of methoxy groups -OCH3 is 3. The Labute approximate surface area is 215 Å². The first-order valence-electron chi connectivity index (χ1n) is 11.7. The van der Waals surface area contributed by atoms with Gasteiger partial charge < -0.3 is 29.0 Å². The van der Waals surface area contributed by atoms with Gasteiger partial charge in [0.25, 0.3) is 11.7 Å². The first-order valence-corrected chi connectivity index (χ1v) is 11.7. The lowest BCUT2D eigenvalue weighted by Crippen LogP contribution is -2.32. The number of nitrogens with zero attached hydrogens (tertiary/aromatic N) is 1. The zero-order chi connectivity index (χ0) is 26.4. The number of hydrogen-bond acceptors (Lipinski definition) is 7. The van der Waals surface area contributed by atoms with Gasteiger partial charge in [-0.2, -0.15) is 0 Å². The van der Waals surface area contributed by atoms with Crippen LogP contribution in [0.5, 0.6) is 17.2 Å². The monoisotopic (exact) mass is 503 g/mol. The fourth-order valence-corrected chi connectivity index (χ4v) is 4.27. The predicted octanol–water partition coefficient (Wildman–Crippen LogP) is 4.35.